The zero-order chi connectivity index (χ0) is 23.6. The van der Waals surface area contributed by atoms with Crippen molar-refractivity contribution in [3.8, 4) is 17.6 Å². The maximum Gasteiger partial charge on any atom is 0.266 e. The Labute approximate surface area is 190 Å². The lowest BCUT2D eigenvalue weighted by molar-refractivity contribution is -0.118. The van der Waals surface area contributed by atoms with Crippen LogP contribution >= 0.6 is 0 Å². The molecule has 3 aromatic carbocycles. The Balaban J connectivity index is 1.68. The second-order valence-electron chi connectivity index (χ2n) is 6.72. The van der Waals surface area contributed by atoms with Gasteiger partial charge >= 0.3 is 0 Å². The number of nitriles is 1. The van der Waals surface area contributed by atoms with Gasteiger partial charge in [0, 0.05) is 5.69 Å². The first-order valence-corrected chi connectivity index (χ1v) is 9.83. The Morgan fingerprint density at radius 1 is 1.00 bits per heavy atom. The molecule has 166 valence electrons. The minimum absolute atomic E-state index is 0.0522. The Morgan fingerprint density at radius 2 is 1.73 bits per heavy atom. The molecule has 3 rings (SSSR count). The number of hydrogen-bond donors (Lipinski definition) is 2. The molecular formula is C25H20FN3O4. The summed E-state index contributed by atoms with van der Waals surface area (Å²) in [5.41, 5.74) is 1.05. The van der Waals surface area contributed by atoms with E-state index in [4.69, 9.17) is 9.47 Å². The van der Waals surface area contributed by atoms with Crippen LogP contribution in [0.4, 0.5) is 15.8 Å². The van der Waals surface area contributed by atoms with Crippen LogP contribution in [-0.2, 0) is 9.59 Å². The topological polar surface area (TPSA) is 100 Å². The van der Waals surface area contributed by atoms with Crippen molar-refractivity contribution in [2.75, 3.05) is 24.4 Å². The number of nitrogens with one attached hydrogen (secondary N) is 2. The fourth-order valence-electron chi connectivity index (χ4n) is 2.82. The van der Waals surface area contributed by atoms with Gasteiger partial charge in [-0.05, 0) is 48.0 Å². The van der Waals surface area contributed by atoms with E-state index in [1.165, 1.54) is 31.4 Å². The molecule has 7 nitrogen and oxygen atoms in total. The standard InChI is InChI=1S/C25H20FN3O4/c1-32-23-14-17(13-18(15-27)25(31)28-19-7-3-2-4-8-19)11-12-22(23)33-16-24(30)29-21-10-6-5-9-20(21)26/h2-14H,16H2,1H3,(H,28,31)(H,29,30)/b18-13+. The van der Waals surface area contributed by atoms with E-state index in [-0.39, 0.29) is 23.6 Å². The second kappa shape index (κ2) is 11.1. The van der Waals surface area contributed by atoms with E-state index in [0.29, 0.717) is 17.0 Å². The molecule has 0 aliphatic heterocycles. The van der Waals surface area contributed by atoms with Gasteiger partial charge in [-0.2, -0.15) is 5.26 Å². The van der Waals surface area contributed by atoms with Crippen molar-refractivity contribution in [1.29, 1.82) is 5.26 Å². The molecule has 2 N–H and O–H groups in total. The fraction of sp³-hybridized carbons (Fsp3) is 0.0800. The Bertz CT molecular complexity index is 1220. The molecule has 0 unspecified atom stereocenters. The molecule has 0 fully saturated rings. The highest BCUT2D eigenvalue weighted by Crippen LogP contribution is 2.29. The lowest BCUT2D eigenvalue weighted by Crippen LogP contribution is -2.20. The summed E-state index contributed by atoms with van der Waals surface area (Å²) in [5.74, 6) is -1.08. The number of hydrogen-bond acceptors (Lipinski definition) is 5. The molecule has 0 saturated carbocycles. The van der Waals surface area contributed by atoms with Crippen LogP contribution in [0.1, 0.15) is 5.56 Å². The van der Waals surface area contributed by atoms with Crippen LogP contribution in [-0.4, -0.2) is 25.5 Å². The highest BCUT2D eigenvalue weighted by atomic mass is 19.1. The molecule has 8 heteroatoms. The number of ether oxygens (including phenoxy) is 2. The van der Waals surface area contributed by atoms with Crippen LogP contribution in [0.2, 0.25) is 0 Å². The SMILES string of the molecule is COc1cc(/C=C(\C#N)C(=O)Nc2ccccc2)ccc1OCC(=O)Nc1ccccc1F. The largest absolute Gasteiger partial charge is 0.493 e. The van der Waals surface area contributed by atoms with Gasteiger partial charge < -0.3 is 20.1 Å². The van der Waals surface area contributed by atoms with Gasteiger partial charge in [-0.3, -0.25) is 9.59 Å². The van der Waals surface area contributed by atoms with Crippen LogP contribution in [0.3, 0.4) is 0 Å². The average molecular weight is 445 g/mol. The first-order valence-electron chi connectivity index (χ1n) is 9.83. The molecular weight excluding hydrogens is 425 g/mol. The van der Waals surface area contributed by atoms with Gasteiger partial charge in [-0.15, -0.1) is 0 Å². The van der Waals surface area contributed by atoms with Crippen LogP contribution < -0.4 is 20.1 Å². The number of rotatable bonds is 8. The minimum atomic E-state index is -0.552. The van der Waals surface area contributed by atoms with Crippen LogP contribution in [0.15, 0.2) is 78.4 Å². The zero-order valence-corrected chi connectivity index (χ0v) is 17.7. The maximum absolute atomic E-state index is 13.7. The van der Waals surface area contributed by atoms with Gasteiger partial charge in [0.05, 0.1) is 12.8 Å². The molecule has 0 bridgehead atoms. The number of anilines is 2. The van der Waals surface area contributed by atoms with E-state index in [2.05, 4.69) is 10.6 Å². The fourth-order valence-corrected chi connectivity index (χ4v) is 2.82. The lowest BCUT2D eigenvalue weighted by atomic mass is 10.1. The Hall–Kier alpha value is -4.64. The van der Waals surface area contributed by atoms with E-state index in [1.807, 2.05) is 12.1 Å². The number of carbonyl (C=O) groups is 2. The van der Waals surface area contributed by atoms with Crippen molar-refractivity contribution in [2.45, 2.75) is 0 Å². The summed E-state index contributed by atoms with van der Waals surface area (Å²) in [6.45, 7) is -0.372. The third-order valence-corrected chi connectivity index (χ3v) is 4.40. The maximum atomic E-state index is 13.7. The van der Waals surface area contributed by atoms with E-state index in [0.717, 1.165) is 0 Å². The molecule has 0 radical (unpaired) electrons. The summed E-state index contributed by atoms with van der Waals surface area (Å²) in [7, 11) is 1.42. The number of para-hydroxylation sites is 2. The van der Waals surface area contributed by atoms with Crippen LogP contribution in [0.5, 0.6) is 11.5 Å². The number of amides is 2. The molecule has 0 saturated heterocycles. The average Bonchev–Trinajstić information content (AvgIpc) is 2.83. The van der Waals surface area contributed by atoms with Crippen molar-refractivity contribution in [3.05, 3.63) is 89.8 Å². The highest BCUT2D eigenvalue weighted by molar-refractivity contribution is 6.09. The van der Waals surface area contributed by atoms with Crippen molar-refractivity contribution in [3.63, 3.8) is 0 Å². The second-order valence-corrected chi connectivity index (χ2v) is 6.72. The molecule has 0 aromatic heterocycles. The van der Waals surface area contributed by atoms with E-state index < -0.39 is 17.6 Å². The number of carbonyl (C=O) groups excluding carboxylic acids is 2. The summed E-state index contributed by atoms with van der Waals surface area (Å²) in [6.07, 6.45) is 1.41. The quantitative estimate of drug-likeness (QED) is 0.395. The molecule has 0 aliphatic carbocycles. The first-order chi connectivity index (χ1) is 16.0. The third-order valence-electron chi connectivity index (χ3n) is 4.40. The number of methoxy groups -OCH3 is 1. The summed E-state index contributed by atoms with van der Waals surface area (Å²) in [5, 5.41) is 14.5. The predicted molar refractivity (Wildman–Crippen MR) is 122 cm³/mol. The smallest absolute Gasteiger partial charge is 0.266 e. The van der Waals surface area contributed by atoms with Crippen molar-refractivity contribution >= 4 is 29.3 Å². The highest BCUT2D eigenvalue weighted by Gasteiger charge is 2.13. The number of benzene rings is 3. The van der Waals surface area contributed by atoms with Crippen molar-refractivity contribution in [2.24, 2.45) is 0 Å². The van der Waals surface area contributed by atoms with Gasteiger partial charge in [-0.1, -0.05) is 36.4 Å². The number of nitrogens with zero attached hydrogens (tertiary/aromatic N) is 1. The molecule has 2 amide bonds. The van der Waals surface area contributed by atoms with Gasteiger partial charge in [0.25, 0.3) is 11.8 Å². The van der Waals surface area contributed by atoms with Crippen molar-refractivity contribution < 1.29 is 23.5 Å². The number of halogens is 1. The third kappa shape index (κ3) is 6.42. The monoisotopic (exact) mass is 445 g/mol. The molecule has 3 aromatic rings. The predicted octanol–water partition coefficient (Wildman–Crippen LogP) is 4.40. The van der Waals surface area contributed by atoms with E-state index in [9.17, 15) is 19.2 Å². The van der Waals surface area contributed by atoms with Crippen molar-refractivity contribution in [1.82, 2.24) is 0 Å². The molecule has 0 spiro atoms. The summed E-state index contributed by atoms with van der Waals surface area (Å²) >= 11 is 0. The summed E-state index contributed by atoms with van der Waals surface area (Å²) in [6, 6.07) is 21.2. The van der Waals surface area contributed by atoms with Gasteiger partial charge in [-0.25, -0.2) is 4.39 Å². The minimum Gasteiger partial charge on any atom is -0.493 e. The van der Waals surface area contributed by atoms with Gasteiger partial charge in [0.2, 0.25) is 0 Å². The Morgan fingerprint density at radius 3 is 2.42 bits per heavy atom. The normalized spacial score (nSPS) is 10.6. The molecule has 0 aliphatic rings. The summed E-state index contributed by atoms with van der Waals surface area (Å²) in [4.78, 5) is 24.5. The van der Waals surface area contributed by atoms with E-state index >= 15 is 0 Å². The first kappa shape index (κ1) is 23.0. The Kier molecular flexibility index (Phi) is 7.76. The molecule has 33 heavy (non-hydrogen) atoms. The zero-order valence-electron chi connectivity index (χ0n) is 17.7. The van der Waals surface area contributed by atoms with E-state index in [1.54, 1.807) is 48.5 Å². The molecule has 0 heterocycles. The van der Waals surface area contributed by atoms with Crippen LogP contribution in [0.25, 0.3) is 6.08 Å². The lowest BCUT2D eigenvalue weighted by Gasteiger charge is -2.12. The summed E-state index contributed by atoms with van der Waals surface area (Å²) < 4.78 is 24.4. The van der Waals surface area contributed by atoms with Gasteiger partial charge in [0.1, 0.15) is 17.5 Å². The molecule has 0 atom stereocenters. The van der Waals surface area contributed by atoms with Crippen LogP contribution in [0, 0.1) is 17.1 Å². The van der Waals surface area contributed by atoms with Gasteiger partial charge in [0.15, 0.2) is 18.1 Å².